The molecule has 16 heavy (non-hydrogen) atoms. The van der Waals surface area contributed by atoms with Crippen molar-refractivity contribution < 1.29 is 9.50 Å². The zero-order chi connectivity index (χ0) is 11.5. The highest BCUT2D eigenvalue weighted by molar-refractivity contribution is 5.66. The number of aliphatic hydroxyl groups is 1. The maximum atomic E-state index is 13.5. The molecule has 2 aromatic heterocycles. The summed E-state index contributed by atoms with van der Waals surface area (Å²) >= 11 is 0. The van der Waals surface area contributed by atoms with Crippen molar-refractivity contribution in [2.45, 2.75) is 13.5 Å². The van der Waals surface area contributed by atoms with E-state index < -0.39 is 5.82 Å². The number of rotatable bonds is 2. The van der Waals surface area contributed by atoms with E-state index in [-0.39, 0.29) is 6.61 Å². The fourth-order valence-corrected chi connectivity index (χ4v) is 1.58. The Hall–Kier alpha value is -1.81. The molecule has 2 aromatic rings. The molecule has 0 spiro atoms. The van der Waals surface area contributed by atoms with E-state index in [9.17, 15) is 9.50 Å². The predicted octanol–water partition coefficient (Wildman–Crippen LogP) is 2.08. The Morgan fingerprint density at radius 1 is 1.31 bits per heavy atom. The molecular weight excluding hydrogens is 207 g/mol. The molecule has 0 unspecified atom stereocenters. The molecule has 4 heteroatoms. The summed E-state index contributed by atoms with van der Waals surface area (Å²) in [7, 11) is 0. The SMILES string of the molecule is Cc1cc(CO)c(-c2ccncc2F)cn1. The second kappa shape index (κ2) is 4.37. The van der Waals surface area contributed by atoms with E-state index in [1.165, 1.54) is 6.20 Å². The molecule has 0 saturated heterocycles. The summed E-state index contributed by atoms with van der Waals surface area (Å²) in [4.78, 5) is 7.79. The largest absolute Gasteiger partial charge is 0.392 e. The summed E-state index contributed by atoms with van der Waals surface area (Å²) in [6.07, 6.45) is 4.23. The number of aliphatic hydroxyl groups excluding tert-OH is 1. The molecule has 0 aromatic carbocycles. The first-order chi connectivity index (χ1) is 7.72. The van der Waals surface area contributed by atoms with E-state index in [4.69, 9.17) is 0 Å². The molecule has 0 radical (unpaired) electrons. The van der Waals surface area contributed by atoms with Gasteiger partial charge in [0.25, 0.3) is 0 Å². The van der Waals surface area contributed by atoms with Crippen LogP contribution in [0.25, 0.3) is 11.1 Å². The van der Waals surface area contributed by atoms with Crippen molar-refractivity contribution in [1.29, 1.82) is 0 Å². The first-order valence-electron chi connectivity index (χ1n) is 4.88. The number of hydrogen-bond donors (Lipinski definition) is 1. The average Bonchev–Trinajstić information content (AvgIpc) is 2.30. The molecule has 82 valence electrons. The zero-order valence-corrected chi connectivity index (χ0v) is 8.81. The van der Waals surface area contributed by atoms with Crippen LogP contribution in [0, 0.1) is 12.7 Å². The fraction of sp³-hybridized carbons (Fsp3) is 0.167. The second-order valence-corrected chi connectivity index (χ2v) is 3.50. The molecular formula is C12H11FN2O. The minimum Gasteiger partial charge on any atom is -0.392 e. The number of pyridine rings is 2. The highest BCUT2D eigenvalue weighted by atomic mass is 19.1. The Morgan fingerprint density at radius 3 is 2.81 bits per heavy atom. The third kappa shape index (κ3) is 1.92. The number of aromatic nitrogens is 2. The van der Waals surface area contributed by atoms with Crippen LogP contribution in [0.1, 0.15) is 11.3 Å². The molecule has 0 aliphatic heterocycles. The fourth-order valence-electron chi connectivity index (χ4n) is 1.58. The van der Waals surface area contributed by atoms with Gasteiger partial charge in [0.2, 0.25) is 0 Å². The lowest BCUT2D eigenvalue weighted by Gasteiger charge is -2.08. The summed E-state index contributed by atoms with van der Waals surface area (Å²) in [5.74, 6) is -0.414. The van der Waals surface area contributed by atoms with Gasteiger partial charge in [-0.3, -0.25) is 9.97 Å². The van der Waals surface area contributed by atoms with Gasteiger partial charge in [-0.15, -0.1) is 0 Å². The minimum atomic E-state index is -0.414. The van der Waals surface area contributed by atoms with Gasteiger partial charge in [-0.25, -0.2) is 4.39 Å². The van der Waals surface area contributed by atoms with Gasteiger partial charge in [-0.05, 0) is 24.6 Å². The van der Waals surface area contributed by atoms with E-state index >= 15 is 0 Å². The van der Waals surface area contributed by atoms with Crippen LogP contribution < -0.4 is 0 Å². The molecule has 0 amide bonds. The van der Waals surface area contributed by atoms with E-state index in [0.717, 1.165) is 11.9 Å². The summed E-state index contributed by atoms with van der Waals surface area (Å²) in [6.45, 7) is 1.69. The van der Waals surface area contributed by atoms with E-state index in [0.29, 0.717) is 16.7 Å². The van der Waals surface area contributed by atoms with Crippen molar-refractivity contribution in [3.8, 4) is 11.1 Å². The molecule has 0 aliphatic carbocycles. The zero-order valence-electron chi connectivity index (χ0n) is 8.81. The number of hydrogen-bond acceptors (Lipinski definition) is 3. The molecule has 2 rings (SSSR count). The molecule has 2 heterocycles. The lowest BCUT2D eigenvalue weighted by atomic mass is 10.0. The van der Waals surface area contributed by atoms with Crippen LogP contribution in [0.3, 0.4) is 0 Å². The van der Waals surface area contributed by atoms with E-state index in [1.54, 1.807) is 18.3 Å². The van der Waals surface area contributed by atoms with Gasteiger partial charge < -0.3 is 5.11 Å². The topological polar surface area (TPSA) is 46.0 Å². The molecule has 0 aliphatic rings. The number of halogens is 1. The highest BCUT2D eigenvalue weighted by Gasteiger charge is 2.09. The van der Waals surface area contributed by atoms with Crippen LogP contribution in [0.15, 0.2) is 30.7 Å². The van der Waals surface area contributed by atoms with Crippen LogP contribution >= 0.6 is 0 Å². The average molecular weight is 218 g/mol. The van der Waals surface area contributed by atoms with Crippen LogP contribution in [0.5, 0.6) is 0 Å². The van der Waals surface area contributed by atoms with Crippen molar-refractivity contribution in [3.63, 3.8) is 0 Å². The molecule has 0 saturated carbocycles. The van der Waals surface area contributed by atoms with Crippen LogP contribution in [-0.4, -0.2) is 15.1 Å². The Bertz CT molecular complexity index is 514. The van der Waals surface area contributed by atoms with Crippen LogP contribution in [0.2, 0.25) is 0 Å². The van der Waals surface area contributed by atoms with E-state index in [1.807, 2.05) is 6.92 Å². The quantitative estimate of drug-likeness (QED) is 0.839. The van der Waals surface area contributed by atoms with Crippen LogP contribution in [0.4, 0.5) is 4.39 Å². The van der Waals surface area contributed by atoms with Gasteiger partial charge in [0.15, 0.2) is 0 Å². The van der Waals surface area contributed by atoms with Crippen molar-refractivity contribution in [3.05, 3.63) is 47.8 Å². The predicted molar refractivity (Wildman–Crippen MR) is 58.1 cm³/mol. The normalized spacial score (nSPS) is 10.4. The van der Waals surface area contributed by atoms with Gasteiger partial charge in [0, 0.05) is 29.2 Å². The van der Waals surface area contributed by atoms with Gasteiger partial charge >= 0.3 is 0 Å². The summed E-state index contributed by atoms with van der Waals surface area (Å²) < 4.78 is 13.5. The first-order valence-corrected chi connectivity index (χ1v) is 4.88. The third-order valence-corrected chi connectivity index (χ3v) is 2.36. The monoisotopic (exact) mass is 218 g/mol. The number of nitrogens with zero attached hydrogens (tertiary/aromatic N) is 2. The summed E-state index contributed by atoms with van der Waals surface area (Å²) in [5, 5.41) is 9.23. The van der Waals surface area contributed by atoms with Crippen LogP contribution in [-0.2, 0) is 6.61 Å². The summed E-state index contributed by atoms with van der Waals surface area (Å²) in [6, 6.07) is 3.32. The Labute approximate surface area is 92.6 Å². The third-order valence-electron chi connectivity index (χ3n) is 2.36. The molecule has 0 atom stereocenters. The van der Waals surface area contributed by atoms with E-state index in [2.05, 4.69) is 9.97 Å². The Kier molecular flexibility index (Phi) is 2.92. The Morgan fingerprint density at radius 2 is 2.12 bits per heavy atom. The van der Waals surface area contributed by atoms with Crippen molar-refractivity contribution in [1.82, 2.24) is 9.97 Å². The van der Waals surface area contributed by atoms with Crippen molar-refractivity contribution >= 4 is 0 Å². The van der Waals surface area contributed by atoms with Gasteiger partial charge in [0.05, 0.1) is 12.8 Å². The van der Waals surface area contributed by atoms with Gasteiger partial charge in [0.1, 0.15) is 5.82 Å². The maximum absolute atomic E-state index is 13.5. The smallest absolute Gasteiger partial charge is 0.149 e. The molecule has 0 bridgehead atoms. The lowest BCUT2D eigenvalue weighted by Crippen LogP contribution is -1.95. The number of aryl methyl sites for hydroxylation is 1. The standard InChI is InChI=1S/C12H11FN2O/c1-8-4-9(7-16)11(5-15-8)10-2-3-14-6-12(10)13/h2-6,16H,7H2,1H3. The highest BCUT2D eigenvalue weighted by Crippen LogP contribution is 2.25. The molecule has 1 N–H and O–H groups in total. The van der Waals surface area contributed by atoms with Crippen molar-refractivity contribution in [2.24, 2.45) is 0 Å². The molecule has 0 fully saturated rings. The minimum absolute atomic E-state index is 0.138. The van der Waals surface area contributed by atoms with Crippen molar-refractivity contribution in [2.75, 3.05) is 0 Å². The first kappa shape index (κ1) is 10.7. The van der Waals surface area contributed by atoms with Gasteiger partial charge in [-0.1, -0.05) is 0 Å². The Balaban J connectivity index is 2.60. The molecule has 3 nitrogen and oxygen atoms in total. The lowest BCUT2D eigenvalue weighted by molar-refractivity contribution is 0.282. The second-order valence-electron chi connectivity index (χ2n) is 3.50. The summed E-state index contributed by atoms with van der Waals surface area (Å²) in [5.41, 5.74) is 2.47. The maximum Gasteiger partial charge on any atom is 0.149 e. The van der Waals surface area contributed by atoms with Gasteiger partial charge in [-0.2, -0.15) is 0 Å².